The number of rotatable bonds is 6. The molecule has 0 radical (unpaired) electrons. The summed E-state index contributed by atoms with van der Waals surface area (Å²) < 4.78 is 45.2. The van der Waals surface area contributed by atoms with Crippen molar-refractivity contribution >= 4 is 14.6 Å². The Hall–Kier alpha value is -2.80. The van der Waals surface area contributed by atoms with Crippen LogP contribution in [0.3, 0.4) is 0 Å². The predicted molar refractivity (Wildman–Crippen MR) is 108 cm³/mol. The van der Waals surface area contributed by atoms with E-state index in [2.05, 4.69) is 4.98 Å². The number of benzene rings is 1. The van der Waals surface area contributed by atoms with Crippen LogP contribution in [0.25, 0.3) is 0 Å². The zero-order valence-electron chi connectivity index (χ0n) is 17.4. The van der Waals surface area contributed by atoms with E-state index >= 15 is 0 Å². The molecule has 2 fully saturated rings. The molecule has 33 heavy (non-hydrogen) atoms. The number of H-pyrrole nitrogens is 1. The number of hydrogen-bond acceptors (Lipinski definition) is 11. The van der Waals surface area contributed by atoms with Crippen LogP contribution in [0.1, 0.15) is 16.6 Å². The quantitative estimate of drug-likeness (QED) is 0.579. The molecule has 5 rings (SSSR count). The second-order valence-corrected chi connectivity index (χ2v) is 8.21. The van der Waals surface area contributed by atoms with Crippen LogP contribution in [0.15, 0.2) is 40.1 Å². The van der Waals surface area contributed by atoms with Gasteiger partial charge in [-0.3, -0.25) is 18.9 Å². The van der Waals surface area contributed by atoms with Gasteiger partial charge in [-0.25, -0.2) is 9.59 Å². The molecule has 0 aliphatic carbocycles. The first-order valence-corrected chi connectivity index (χ1v) is 10.9. The molecule has 176 valence electrons. The van der Waals surface area contributed by atoms with Crippen molar-refractivity contribution in [1.29, 1.82) is 0 Å². The van der Waals surface area contributed by atoms with Crippen molar-refractivity contribution in [2.24, 2.45) is 0 Å². The molecule has 0 bridgehead atoms. The minimum Gasteiger partial charge on any atom is -0.490 e. The van der Waals surface area contributed by atoms with Gasteiger partial charge in [0, 0.05) is 7.11 Å². The first-order valence-electron chi connectivity index (χ1n) is 9.79. The first kappa shape index (κ1) is 22.0. The number of nitrogens with zero attached hydrogens (tertiary/aromatic N) is 1. The fourth-order valence-electron chi connectivity index (χ4n) is 3.69. The van der Waals surface area contributed by atoms with Gasteiger partial charge in [-0.05, 0) is 12.1 Å². The van der Waals surface area contributed by atoms with E-state index in [0.29, 0.717) is 11.3 Å². The zero-order chi connectivity index (χ0) is 23.1. The van der Waals surface area contributed by atoms with Crippen LogP contribution >= 0.6 is 8.60 Å². The number of para-hydroxylation sites is 1. The number of fused-ring (bicyclic) bond motifs is 2. The maximum Gasteiger partial charge on any atom is 0.465 e. The minimum absolute atomic E-state index is 0.0821. The molecule has 3 aliphatic heterocycles. The predicted octanol–water partition coefficient (Wildman–Crippen LogP) is 0.649. The summed E-state index contributed by atoms with van der Waals surface area (Å²) >= 11 is 0. The molecule has 2 aromatic rings. The minimum atomic E-state index is -2.03. The largest absolute Gasteiger partial charge is 0.490 e. The molecule has 3 aliphatic rings. The van der Waals surface area contributed by atoms with Gasteiger partial charge in [-0.1, -0.05) is 12.1 Å². The lowest BCUT2D eigenvalue weighted by molar-refractivity contribution is -0.256. The van der Waals surface area contributed by atoms with E-state index in [4.69, 9.17) is 37.3 Å². The fraction of sp³-hybridized carbons (Fsp3) is 0.421. The maximum absolute atomic E-state index is 12.4. The third-order valence-electron chi connectivity index (χ3n) is 5.23. The fourth-order valence-corrected chi connectivity index (χ4v) is 4.66. The monoisotopic (exact) mass is 482 g/mol. The van der Waals surface area contributed by atoms with E-state index in [1.54, 1.807) is 24.3 Å². The van der Waals surface area contributed by atoms with Crippen molar-refractivity contribution < 1.29 is 42.1 Å². The molecule has 0 spiro atoms. The van der Waals surface area contributed by atoms with E-state index in [0.717, 1.165) is 4.57 Å². The van der Waals surface area contributed by atoms with Gasteiger partial charge in [0.05, 0.1) is 19.9 Å². The van der Waals surface area contributed by atoms with Crippen molar-refractivity contribution in [2.75, 3.05) is 20.8 Å². The van der Waals surface area contributed by atoms with Gasteiger partial charge < -0.3 is 32.7 Å². The Morgan fingerprint density at radius 2 is 1.85 bits per heavy atom. The number of nitrogens with one attached hydrogen (secondary N) is 1. The van der Waals surface area contributed by atoms with Crippen molar-refractivity contribution in [2.45, 2.75) is 31.0 Å². The van der Waals surface area contributed by atoms with E-state index in [-0.39, 0.29) is 12.4 Å². The number of methoxy groups -OCH3 is 2. The average molecular weight is 482 g/mol. The normalized spacial score (nSPS) is 30.3. The Kier molecular flexibility index (Phi) is 5.91. The van der Waals surface area contributed by atoms with Crippen LogP contribution in [-0.4, -0.2) is 61.1 Å². The van der Waals surface area contributed by atoms with Gasteiger partial charge in [0.15, 0.2) is 6.23 Å². The van der Waals surface area contributed by atoms with Gasteiger partial charge in [0.25, 0.3) is 12.0 Å². The molecular weight excluding hydrogens is 463 g/mol. The third-order valence-corrected chi connectivity index (χ3v) is 6.25. The van der Waals surface area contributed by atoms with E-state index < -0.39 is 56.8 Å². The highest BCUT2D eigenvalue weighted by molar-refractivity contribution is 7.43. The smallest absolute Gasteiger partial charge is 0.465 e. The number of carbonyl (C=O) groups is 1. The lowest BCUT2D eigenvalue weighted by Gasteiger charge is -2.24. The van der Waals surface area contributed by atoms with Crippen LogP contribution in [0.2, 0.25) is 0 Å². The van der Waals surface area contributed by atoms with Gasteiger partial charge in [0.1, 0.15) is 29.6 Å². The molecule has 13 nitrogen and oxygen atoms in total. The molecule has 0 saturated carbocycles. The molecular formula is C19H19N2O11P. The summed E-state index contributed by atoms with van der Waals surface area (Å²) in [5.74, 6) is -0.283. The Balaban J connectivity index is 1.34. The molecule has 1 N–H and O–H groups in total. The van der Waals surface area contributed by atoms with Crippen molar-refractivity contribution in [3.8, 4) is 11.5 Å². The van der Waals surface area contributed by atoms with Crippen molar-refractivity contribution in [3.63, 3.8) is 0 Å². The second-order valence-electron chi connectivity index (χ2n) is 7.14. The van der Waals surface area contributed by atoms with Gasteiger partial charge in [-0.2, -0.15) is 0 Å². The Bertz CT molecular complexity index is 1170. The maximum atomic E-state index is 12.4. The highest BCUT2D eigenvalue weighted by Crippen LogP contribution is 2.48. The number of hydrogen-bond donors (Lipinski definition) is 1. The van der Waals surface area contributed by atoms with Crippen LogP contribution < -0.4 is 20.5 Å². The molecule has 1 aromatic carbocycles. The third kappa shape index (κ3) is 4.03. The van der Waals surface area contributed by atoms with E-state index in [9.17, 15) is 14.4 Å². The number of aromatic nitrogens is 2. The summed E-state index contributed by atoms with van der Waals surface area (Å²) in [7, 11) is 0.676. The summed E-state index contributed by atoms with van der Waals surface area (Å²) in [4.78, 5) is 38.6. The summed E-state index contributed by atoms with van der Waals surface area (Å²) in [6.07, 6.45) is -1.95. The summed E-state index contributed by atoms with van der Waals surface area (Å²) in [6.45, 7) is -1.09. The Morgan fingerprint density at radius 3 is 2.64 bits per heavy atom. The molecule has 14 heteroatoms. The molecule has 0 amide bonds. The Morgan fingerprint density at radius 1 is 1.06 bits per heavy atom. The highest BCUT2D eigenvalue weighted by atomic mass is 31.2. The zero-order valence-corrected chi connectivity index (χ0v) is 18.3. The summed E-state index contributed by atoms with van der Waals surface area (Å²) in [6, 6.07) is 6.65. The van der Waals surface area contributed by atoms with Crippen molar-refractivity contribution in [3.05, 3.63) is 56.9 Å². The summed E-state index contributed by atoms with van der Waals surface area (Å²) in [5, 5.41) is 0. The molecule has 2 saturated heterocycles. The molecule has 1 aromatic heterocycles. The molecule has 3 unspecified atom stereocenters. The topological polar surface area (TPSA) is 146 Å². The molecule has 6 atom stereocenters. The lowest BCUT2D eigenvalue weighted by Crippen LogP contribution is -2.37. The van der Waals surface area contributed by atoms with Gasteiger partial charge in [-0.15, -0.1) is 0 Å². The average Bonchev–Trinajstić information content (AvgIpc) is 3.37. The van der Waals surface area contributed by atoms with Crippen LogP contribution in [0, 0.1) is 0 Å². The van der Waals surface area contributed by atoms with Crippen LogP contribution in [0.5, 0.6) is 11.5 Å². The highest BCUT2D eigenvalue weighted by Gasteiger charge is 2.54. The van der Waals surface area contributed by atoms with Crippen LogP contribution in [-0.2, 0) is 28.0 Å². The first-order chi connectivity index (χ1) is 16.0. The molecule has 4 heterocycles. The SMILES string of the molecule is COc1cn([C@@H]2O[C@H](COP3OC(=O)c4ccccc4O3)C3OC(OC)O[C@@H]32)c(=O)[nH]c1=O. The standard InChI is InChI=1S/C19H19N2O11P/c1-25-11-7-21(18(24)20-15(11)22)16-14-13(29-19(26-2)30-14)12(28-16)8-27-33-31-10-6-4-3-5-9(10)17(23)32-33/h3-7,12-14,16,19H,8H2,1-2H3,(H,20,22,24)/t12-,13?,14+,16-,19?,33?/m1/s1. The van der Waals surface area contributed by atoms with E-state index in [1.165, 1.54) is 20.4 Å². The summed E-state index contributed by atoms with van der Waals surface area (Å²) in [5.41, 5.74) is -1.09. The second kappa shape index (κ2) is 8.86. The van der Waals surface area contributed by atoms with Crippen LogP contribution in [0.4, 0.5) is 0 Å². The number of ether oxygens (including phenoxy) is 5. The van der Waals surface area contributed by atoms with Crippen molar-refractivity contribution in [1.82, 2.24) is 9.55 Å². The number of carbonyl (C=O) groups excluding carboxylic acids is 1. The Labute approximate surface area is 187 Å². The number of aromatic amines is 1. The van der Waals surface area contributed by atoms with Gasteiger partial charge >= 0.3 is 20.3 Å². The van der Waals surface area contributed by atoms with E-state index in [1.807, 2.05) is 0 Å². The van der Waals surface area contributed by atoms with Gasteiger partial charge in [0.2, 0.25) is 5.75 Å². The lowest BCUT2D eigenvalue weighted by atomic mass is 10.1.